The molecule has 0 aliphatic heterocycles. The Hall–Kier alpha value is -0.220. The maximum Gasteiger partial charge on any atom is 0.223 e. The standard InChI is InChI=1S/C8H17NO2S/c1-8(2,12)6-7(11)9(3)4-5-10/h10,12H,4-6H2,1-3H3. The van der Waals surface area contributed by atoms with Gasteiger partial charge in [-0.1, -0.05) is 13.8 Å². The summed E-state index contributed by atoms with van der Waals surface area (Å²) >= 11 is 4.25. The molecule has 0 aliphatic carbocycles. The lowest BCUT2D eigenvalue weighted by atomic mass is 10.1. The number of hydrogen-bond donors (Lipinski definition) is 2. The molecule has 0 fully saturated rings. The van der Waals surface area contributed by atoms with Gasteiger partial charge in [-0.05, 0) is 0 Å². The Labute approximate surface area is 79.2 Å². The fourth-order valence-corrected chi connectivity index (χ4v) is 0.915. The lowest BCUT2D eigenvalue weighted by Gasteiger charge is -2.21. The van der Waals surface area contributed by atoms with Crippen molar-refractivity contribution in [1.82, 2.24) is 4.90 Å². The Morgan fingerprint density at radius 3 is 2.42 bits per heavy atom. The Kier molecular flexibility index (Phi) is 4.63. The van der Waals surface area contributed by atoms with E-state index in [9.17, 15) is 4.79 Å². The number of hydrogen-bond acceptors (Lipinski definition) is 3. The van der Waals surface area contributed by atoms with E-state index in [1.165, 1.54) is 4.90 Å². The van der Waals surface area contributed by atoms with Gasteiger partial charge in [0.1, 0.15) is 0 Å². The number of carbonyl (C=O) groups is 1. The SMILES string of the molecule is CN(CCO)C(=O)CC(C)(C)S. The summed E-state index contributed by atoms with van der Waals surface area (Å²) in [4.78, 5) is 12.8. The molecule has 0 aliphatic rings. The van der Waals surface area contributed by atoms with Gasteiger partial charge in [-0.2, -0.15) is 12.6 Å². The Bertz CT molecular complexity index is 154. The van der Waals surface area contributed by atoms with Crippen molar-refractivity contribution in [3.05, 3.63) is 0 Å². The lowest BCUT2D eigenvalue weighted by molar-refractivity contribution is -0.130. The van der Waals surface area contributed by atoms with Gasteiger partial charge in [0, 0.05) is 24.8 Å². The third-order valence-electron chi connectivity index (χ3n) is 1.45. The van der Waals surface area contributed by atoms with E-state index >= 15 is 0 Å². The topological polar surface area (TPSA) is 40.5 Å². The van der Waals surface area contributed by atoms with Crippen LogP contribution in [0.3, 0.4) is 0 Å². The number of likely N-dealkylation sites (N-methyl/N-ethyl adjacent to an activating group) is 1. The van der Waals surface area contributed by atoms with Gasteiger partial charge in [0.05, 0.1) is 6.61 Å². The van der Waals surface area contributed by atoms with Gasteiger partial charge in [-0.15, -0.1) is 0 Å². The van der Waals surface area contributed by atoms with Crippen molar-refractivity contribution in [2.75, 3.05) is 20.2 Å². The summed E-state index contributed by atoms with van der Waals surface area (Å²) < 4.78 is -0.277. The molecule has 0 aromatic heterocycles. The predicted molar refractivity (Wildman–Crippen MR) is 52.4 cm³/mol. The van der Waals surface area contributed by atoms with E-state index in [0.29, 0.717) is 13.0 Å². The second-order valence-electron chi connectivity index (χ2n) is 3.53. The summed E-state index contributed by atoms with van der Waals surface area (Å²) in [5.74, 6) is 0.0176. The lowest BCUT2D eigenvalue weighted by Crippen LogP contribution is -2.33. The van der Waals surface area contributed by atoms with Crippen LogP contribution in [0.2, 0.25) is 0 Å². The number of aliphatic hydroxyl groups excluding tert-OH is 1. The van der Waals surface area contributed by atoms with Gasteiger partial charge in [0.15, 0.2) is 0 Å². The van der Waals surface area contributed by atoms with Crippen molar-refractivity contribution in [1.29, 1.82) is 0 Å². The zero-order valence-electron chi connectivity index (χ0n) is 7.87. The third kappa shape index (κ3) is 5.43. The summed E-state index contributed by atoms with van der Waals surface area (Å²) in [6, 6.07) is 0. The largest absolute Gasteiger partial charge is 0.395 e. The Balaban J connectivity index is 3.87. The van der Waals surface area contributed by atoms with Gasteiger partial charge in [0.25, 0.3) is 0 Å². The smallest absolute Gasteiger partial charge is 0.223 e. The van der Waals surface area contributed by atoms with Crippen LogP contribution < -0.4 is 0 Å². The minimum Gasteiger partial charge on any atom is -0.395 e. The molecular formula is C8H17NO2S. The van der Waals surface area contributed by atoms with Crippen LogP contribution in [0.5, 0.6) is 0 Å². The van der Waals surface area contributed by atoms with Gasteiger partial charge in [-0.25, -0.2) is 0 Å². The molecule has 3 nitrogen and oxygen atoms in total. The summed E-state index contributed by atoms with van der Waals surface area (Å²) in [6.07, 6.45) is 0.395. The molecule has 0 heterocycles. The maximum absolute atomic E-state index is 11.3. The second-order valence-corrected chi connectivity index (χ2v) is 4.74. The Morgan fingerprint density at radius 2 is 2.08 bits per heavy atom. The van der Waals surface area contributed by atoms with Crippen LogP contribution in [0, 0.1) is 0 Å². The fraction of sp³-hybridized carbons (Fsp3) is 0.875. The summed E-state index contributed by atoms with van der Waals surface area (Å²) in [7, 11) is 1.68. The Morgan fingerprint density at radius 1 is 1.58 bits per heavy atom. The van der Waals surface area contributed by atoms with Crippen LogP contribution in [0.1, 0.15) is 20.3 Å². The highest BCUT2D eigenvalue weighted by atomic mass is 32.1. The first-order valence-electron chi connectivity index (χ1n) is 3.94. The van der Waals surface area contributed by atoms with E-state index in [4.69, 9.17) is 5.11 Å². The molecule has 1 N–H and O–H groups in total. The fourth-order valence-electron chi connectivity index (χ4n) is 0.780. The van der Waals surface area contributed by atoms with Crippen LogP contribution in [0.4, 0.5) is 0 Å². The zero-order valence-corrected chi connectivity index (χ0v) is 8.77. The highest BCUT2D eigenvalue weighted by Gasteiger charge is 2.19. The van der Waals surface area contributed by atoms with E-state index in [1.807, 2.05) is 13.8 Å². The summed E-state index contributed by atoms with van der Waals surface area (Å²) in [5, 5.41) is 8.57. The highest BCUT2D eigenvalue weighted by molar-refractivity contribution is 7.81. The third-order valence-corrected chi connectivity index (χ3v) is 1.60. The monoisotopic (exact) mass is 191 g/mol. The normalized spacial score (nSPS) is 11.4. The molecule has 0 radical (unpaired) electrons. The van der Waals surface area contributed by atoms with Crippen molar-refractivity contribution in [2.24, 2.45) is 0 Å². The van der Waals surface area contributed by atoms with E-state index in [0.717, 1.165) is 0 Å². The van der Waals surface area contributed by atoms with E-state index in [-0.39, 0.29) is 17.3 Å². The van der Waals surface area contributed by atoms with Crippen LogP contribution >= 0.6 is 12.6 Å². The minimum absolute atomic E-state index is 0.00917. The van der Waals surface area contributed by atoms with Crippen LogP contribution in [0.15, 0.2) is 0 Å². The van der Waals surface area contributed by atoms with E-state index in [1.54, 1.807) is 7.05 Å². The van der Waals surface area contributed by atoms with Crippen LogP contribution in [0.25, 0.3) is 0 Å². The van der Waals surface area contributed by atoms with E-state index in [2.05, 4.69) is 12.6 Å². The van der Waals surface area contributed by atoms with Gasteiger partial charge in [0.2, 0.25) is 5.91 Å². The molecular weight excluding hydrogens is 174 g/mol. The molecule has 0 spiro atoms. The maximum atomic E-state index is 11.3. The average molecular weight is 191 g/mol. The van der Waals surface area contributed by atoms with Crippen LogP contribution in [-0.2, 0) is 4.79 Å². The number of thiol groups is 1. The predicted octanol–water partition coefficient (Wildman–Crippen LogP) is 0.536. The molecule has 0 aromatic carbocycles. The van der Waals surface area contributed by atoms with Crippen LogP contribution in [-0.4, -0.2) is 40.9 Å². The molecule has 72 valence electrons. The molecule has 12 heavy (non-hydrogen) atoms. The quantitative estimate of drug-likeness (QED) is 0.637. The molecule has 0 saturated heterocycles. The molecule has 0 aromatic rings. The second kappa shape index (κ2) is 4.72. The molecule has 0 saturated carbocycles. The molecule has 4 heteroatoms. The number of aliphatic hydroxyl groups is 1. The first-order valence-corrected chi connectivity index (χ1v) is 4.39. The minimum atomic E-state index is -0.277. The van der Waals surface area contributed by atoms with Crippen molar-refractivity contribution >= 4 is 18.5 Å². The number of rotatable bonds is 4. The van der Waals surface area contributed by atoms with Gasteiger partial charge >= 0.3 is 0 Å². The molecule has 0 rings (SSSR count). The zero-order chi connectivity index (χ0) is 9.78. The molecule has 0 bridgehead atoms. The van der Waals surface area contributed by atoms with Crippen molar-refractivity contribution in [3.8, 4) is 0 Å². The van der Waals surface area contributed by atoms with E-state index < -0.39 is 0 Å². The van der Waals surface area contributed by atoms with Crippen molar-refractivity contribution < 1.29 is 9.90 Å². The first-order chi connectivity index (χ1) is 5.37. The molecule has 0 atom stereocenters. The van der Waals surface area contributed by atoms with Gasteiger partial charge in [-0.3, -0.25) is 4.79 Å². The summed E-state index contributed by atoms with van der Waals surface area (Å²) in [6.45, 7) is 4.18. The first kappa shape index (κ1) is 11.8. The number of nitrogens with zero attached hydrogens (tertiary/aromatic N) is 1. The van der Waals surface area contributed by atoms with Gasteiger partial charge < -0.3 is 10.0 Å². The molecule has 1 amide bonds. The van der Waals surface area contributed by atoms with Crippen molar-refractivity contribution in [3.63, 3.8) is 0 Å². The summed E-state index contributed by atoms with van der Waals surface area (Å²) in [5.41, 5.74) is 0. The average Bonchev–Trinajstić information content (AvgIpc) is 1.84. The number of carbonyl (C=O) groups excluding carboxylic acids is 1. The molecule has 0 unspecified atom stereocenters. The number of amides is 1. The van der Waals surface area contributed by atoms with Crippen molar-refractivity contribution in [2.45, 2.75) is 25.0 Å². The highest BCUT2D eigenvalue weighted by Crippen LogP contribution is 2.17.